The Morgan fingerprint density at radius 1 is 0.741 bits per heavy atom. The third-order valence-electron chi connectivity index (χ3n) is 6.19. The topological polar surface area (TPSA) is 20.7 Å². The van der Waals surface area contributed by atoms with Crippen LogP contribution in [-0.4, -0.2) is 9.55 Å². The summed E-state index contributed by atoms with van der Waals surface area (Å²) in [5.41, 5.74) is 8.38. The molecule has 2 heteroatoms. The molecule has 0 amide bonds. The van der Waals surface area contributed by atoms with Gasteiger partial charge < -0.3 is 9.55 Å². The molecule has 0 radical (unpaired) electrons. The Labute approximate surface area is 158 Å². The number of fused-ring (bicyclic) bond motifs is 6. The summed E-state index contributed by atoms with van der Waals surface area (Å²) in [5.74, 6) is 0. The van der Waals surface area contributed by atoms with Crippen LogP contribution in [0.3, 0.4) is 0 Å². The summed E-state index contributed by atoms with van der Waals surface area (Å²) in [6, 6.07) is 24.3. The van der Waals surface area contributed by atoms with Gasteiger partial charge >= 0.3 is 0 Å². The van der Waals surface area contributed by atoms with Crippen molar-refractivity contribution in [1.29, 1.82) is 0 Å². The van der Waals surface area contributed by atoms with Crippen LogP contribution in [0.4, 0.5) is 0 Å². The maximum Gasteiger partial charge on any atom is 0.0496 e. The van der Waals surface area contributed by atoms with Gasteiger partial charge in [0.2, 0.25) is 0 Å². The second-order valence-corrected chi connectivity index (χ2v) is 7.79. The molecule has 2 nitrogen and oxygen atoms in total. The van der Waals surface area contributed by atoms with Crippen molar-refractivity contribution in [2.24, 2.45) is 0 Å². The van der Waals surface area contributed by atoms with E-state index in [0.717, 1.165) is 6.54 Å². The maximum absolute atomic E-state index is 3.63. The van der Waals surface area contributed by atoms with E-state index in [2.05, 4.69) is 76.3 Å². The minimum atomic E-state index is 0.959. The molecule has 0 saturated carbocycles. The molecule has 2 aromatic heterocycles. The lowest BCUT2D eigenvalue weighted by molar-refractivity contribution is 0.638. The summed E-state index contributed by atoms with van der Waals surface area (Å²) in [6.07, 6.45) is 5.02. The first-order valence-corrected chi connectivity index (χ1v) is 9.97. The van der Waals surface area contributed by atoms with Gasteiger partial charge in [0.25, 0.3) is 0 Å². The largest absolute Gasteiger partial charge is 0.354 e. The summed E-state index contributed by atoms with van der Waals surface area (Å²) >= 11 is 0. The molecule has 0 atom stereocenters. The third kappa shape index (κ3) is 2.26. The van der Waals surface area contributed by atoms with E-state index in [0.29, 0.717) is 0 Å². The van der Waals surface area contributed by atoms with E-state index in [9.17, 15) is 0 Å². The number of aryl methyl sites for hydroxylation is 1. The van der Waals surface area contributed by atoms with E-state index in [1.165, 1.54) is 64.0 Å². The molecule has 0 spiro atoms. The first kappa shape index (κ1) is 15.1. The van der Waals surface area contributed by atoms with Crippen molar-refractivity contribution in [3.63, 3.8) is 0 Å². The number of aromatic nitrogens is 2. The van der Waals surface area contributed by atoms with E-state index in [-0.39, 0.29) is 0 Å². The molecule has 132 valence electrons. The molecule has 1 aliphatic rings. The highest BCUT2D eigenvalue weighted by Crippen LogP contribution is 2.37. The smallest absolute Gasteiger partial charge is 0.0496 e. The van der Waals surface area contributed by atoms with Crippen molar-refractivity contribution in [1.82, 2.24) is 9.55 Å². The van der Waals surface area contributed by atoms with E-state index in [1.54, 1.807) is 11.3 Å². The minimum absolute atomic E-state index is 0.959. The van der Waals surface area contributed by atoms with Crippen LogP contribution < -0.4 is 0 Å². The second-order valence-electron chi connectivity index (χ2n) is 7.79. The number of H-pyrrole nitrogens is 1. The van der Waals surface area contributed by atoms with Gasteiger partial charge in [0, 0.05) is 44.9 Å². The van der Waals surface area contributed by atoms with Crippen molar-refractivity contribution in [3.8, 4) is 0 Å². The van der Waals surface area contributed by atoms with Crippen molar-refractivity contribution in [3.05, 3.63) is 83.6 Å². The molecule has 3 aromatic carbocycles. The highest BCUT2D eigenvalue weighted by Gasteiger charge is 2.21. The van der Waals surface area contributed by atoms with Crippen LogP contribution in [0.25, 0.3) is 32.7 Å². The number of nitrogens with zero attached hydrogens (tertiary/aromatic N) is 1. The van der Waals surface area contributed by atoms with Crippen LogP contribution >= 0.6 is 0 Å². The SMILES string of the molecule is c1ccc(Cn2c3c(c4cc5[nH]c6ccccc6c5cc42)CCCC3)cc1. The molecule has 0 saturated heterocycles. The van der Waals surface area contributed by atoms with Crippen LogP contribution in [0.2, 0.25) is 0 Å². The van der Waals surface area contributed by atoms with Crippen molar-refractivity contribution >= 4 is 32.7 Å². The summed E-state index contributed by atoms with van der Waals surface area (Å²) in [7, 11) is 0. The Balaban J connectivity index is 1.67. The highest BCUT2D eigenvalue weighted by atomic mass is 15.0. The van der Waals surface area contributed by atoms with E-state index in [1.807, 2.05) is 0 Å². The Kier molecular flexibility index (Phi) is 3.21. The standard InChI is InChI=1S/C25H22N2/c1-2-8-17(9-3-1)16-27-24-13-7-5-11-19(24)21-14-23-20(15-25(21)27)18-10-4-6-12-22(18)26-23/h1-4,6,8-10,12,14-15,26H,5,7,11,13,16H2. The molecule has 27 heavy (non-hydrogen) atoms. The fraction of sp³-hybridized carbons (Fsp3) is 0.200. The first-order valence-electron chi connectivity index (χ1n) is 9.97. The zero-order valence-corrected chi connectivity index (χ0v) is 15.3. The summed E-state index contributed by atoms with van der Waals surface area (Å²) in [6.45, 7) is 0.959. The Morgan fingerprint density at radius 3 is 2.48 bits per heavy atom. The molecule has 1 aliphatic carbocycles. The Bertz CT molecular complexity index is 1290. The van der Waals surface area contributed by atoms with Crippen LogP contribution in [0, 0.1) is 0 Å². The van der Waals surface area contributed by atoms with Gasteiger partial charge in [-0.1, -0.05) is 48.5 Å². The van der Waals surface area contributed by atoms with Gasteiger partial charge in [-0.2, -0.15) is 0 Å². The average molecular weight is 350 g/mol. The lowest BCUT2D eigenvalue weighted by Gasteiger charge is -2.16. The van der Waals surface area contributed by atoms with Gasteiger partial charge in [0.15, 0.2) is 0 Å². The quantitative estimate of drug-likeness (QED) is 0.391. The fourth-order valence-corrected chi connectivity index (χ4v) is 4.92. The molecule has 6 rings (SSSR count). The summed E-state index contributed by atoms with van der Waals surface area (Å²) in [5, 5.41) is 4.10. The van der Waals surface area contributed by atoms with Crippen molar-refractivity contribution < 1.29 is 0 Å². The molecule has 0 aliphatic heterocycles. The maximum atomic E-state index is 3.63. The molecule has 0 bridgehead atoms. The molecular formula is C25H22N2. The van der Waals surface area contributed by atoms with E-state index >= 15 is 0 Å². The van der Waals surface area contributed by atoms with Crippen LogP contribution in [0.1, 0.15) is 29.7 Å². The van der Waals surface area contributed by atoms with Gasteiger partial charge in [-0.3, -0.25) is 0 Å². The van der Waals surface area contributed by atoms with Gasteiger partial charge in [0.05, 0.1) is 0 Å². The molecular weight excluding hydrogens is 328 g/mol. The minimum Gasteiger partial charge on any atom is -0.354 e. The number of hydrogen-bond acceptors (Lipinski definition) is 0. The van der Waals surface area contributed by atoms with Gasteiger partial charge in [-0.25, -0.2) is 0 Å². The van der Waals surface area contributed by atoms with Crippen LogP contribution in [-0.2, 0) is 19.4 Å². The summed E-state index contributed by atoms with van der Waals surface area (Å²) in [4.78, 5) is 3.63. The van der Waals surface area contributed by atoms with Crippen LogP contribution in [0.5, 0.6) is 0 Å². The fourth-order valence-electron chi connectivity index (χ4n) is 4.92. The van der Waals surface area contributed by atoms with Crippen molar-refractivity contribution in [2.75, 3.05) is 0 Å². The second kappa shape index (κ2) is 5.75. The van der Waals surface area contributed by atoms with Crippen LogP contribution in [0.15, 0.2) is 66.7 Å². The molecule has 0 unspecified atom stereocenters. The van der Waals surface area contributed by atoms with Gasteiger partial charge in [0.1, 0.15) is 0 Å². The monoisotopic (exact) mass is 350 g/mol. The number of hydrogen-bond donors (Lipinski definition) is 1. The predicted molar refractivity (Wildman–Crippen MR) is 113 cm³/mol. The zero-order valence-electron chi connectivity index (χ0n) is 15.3. The average Bonchev–Trinajstić information content (AvgIpc) is 3.23. The lowest BCUT2D eigenvalue weighted by Crippen LogP contribution is -2.09. The summed E-state index contributed by atoms with van der Waals surface area (Å²) < 4.78 is 2.58. The first-order chi connectivity index (χ1) is 13.4. The molecule has 0 fully saturated rings. The molecule has 1 N–H and O–H groups in total. The third-order valence-corrected chi connectivity index (χ3v) is 6.19. The van der Waals surface area contributed by atoms with Crippen molar-refractivity contribution in [2.45, 2.75) is 32.2 Å². The Hall–Kier alpha value is -3.00. The number of aromatic amines is 1. The Morgan fingerprint density at radius 2 is 1.56 bits per heavy atom. The number of nitrogens with one attached hydrogen (secondary N) is 1. The zero-order chi connectivity index (χ0) is 17.8. The van der Waals surface area contributed by atoms with Gasteiger partial charge in [-0.15, -0.1) is 0 Å². The number of para-hydroxylation sites is 1. The molecule has 2 heterocycles. The highest BCUT2D eigenvalue weighted by molar-refractivity contribution is 6.12. The normalized spacial score (nSPS) is 14.2. The van der Waals surface area contributed by atoms with E-state index < -0.39 is 0 Å². The van der Waals surface area contributed by atoms with E-state index in [4.69, 9.17) is 0 Å². The predicted octanol–water partition coefficient (Wildman–Crippen LogP) is 6.20. The lowest BCUT2D eigenvalue weighted by atomic mass is 9.95. The molecule has 5 aromatic rings. The van der Waals surface area contributed by atoms with Gasteiger partial charge in [-0.05, 0) is 55.0 Å². The number of benzene rings is 3. The number of rotatable bonds is 2.